The lowest BCUT2D eigenvalue weighted by Crippen LogP contribution is -2.14. The zero-order valence-electron chi connectivity index (χ0n) is 6.78. The number of hydrogen-bond donors (Lipinski definition) is 1. The van der Waals surface area contributed by atoms with Gasteiger partial charge in [-0.05, 0) is 18.6 Å². The third-order valence-electron chi connectivity index (χ3n) is 1.38. The van der Waals surface area contributed by atoms with E-state index in [4.69, 9.17) is 5.73 Å². The smallest absolute Gasteiger partial charge is 0.194 e. The van der Waals surface area contributed by atoms with Gasteiger partial charge in [0.05, 0.1) is 6.54 Å². The van der Waals surface area contributed by atoms with E-state index in [-0.39, 0.29) is 24.7 Å². The molecule has 3 nitrogen and oxygen atoms in total. The second kappa shape index (κ2) is 4.85. The number of nitrogens with zero attached hydrogens (tertiary/aromatic N) is 1. The van der Waals surface area contributed by atoms with Gasteiger partial charge >= 0.3 is 0 Å². The van der Waals surface area contributed by atoms with Gasteiger partial charge in [0.25, 0.3) is 0 Å². The minimum atomic E-state index is -0.120. The summed E-state index contributed by atoms with van der Waals surface area (Å²) in [6.07, 6.45) is 1.66. The zero-order valence-corrected chi connectivity index (χ0v) is 7.60. The maximum Gasteiger partial charge on any atom is 0.194 e. The lowest BCUT2D eigenvalue weighted by molar-refractivity contribution is 0.0996. The minimum Gasteiger partial charge on any atom is -0.324 e. The monoisotopic (exact) mass is 186 g/mol. The molecule has 1 rings (SSSR count). The molecule has 0 amide bonds. The topological polar surface area (TPSA) is 56.0 Å². The van der Waals surface area contributed by atoms with E-state index in [1.807, 2.05) is 13.0 Å². The van der Waals surface area contributed by atoms with Crippen LogP contribution in [0.25, 0.3) is 0 Å². The highest BCUT2D eigenvalue weighted by Crippen LogP contribution is 1.98. The Bertz CT molecular complexity index is 258. The second-order valence-corrected chi connectivity index (χ2v) is 2.35. The van der Waals surface area contributed by atoms with Crippen molar-refractivity contribution in [1.29, 1.82) is 0 Å². The SMILES string of the molecule is Cc1ccc(C(=O)CN)nc1.Cl. The van der Waals surface area contributed by atoms with E-state index in [2.05, 4.69) is 4.98 Å². The number of rotatable bonds is 2. The number of hydrogen-bond acceptors (Lipinski definition) is 3. The van der Waals surface area contributed by atoms with Gasteiger partial charge in [-0.15, -0.1) is 12.4 Å². The molecule has 0 spiro atoms. The molecule has 1 aromatic heterocycles. The predicted molar refractivity (Wildman–Crippen MR) is 49.6 cm³/mol. The van der Waals surface area contributed by atoms with Crippen LogP contribution in [0.1, 0.15) is 16.1 Å². The van der Waals surface area contributed by atoms with Gasteiger partial charge in [0.2, 0.25) is 0 Å². The number of Topliss-reactive ketones (excluding diaryl/α,β-unsaturated/α-hetero) is 1. The quantitative estimate of drug-likeness (QED) is 0.700. The number of pyridine rings is 1. The van der Waals surface area contributed by atoms with E-state index in [0.717, 1.165) is 5.56 Å². The Morgan fingerprint density at radius 1 is 1.58 bits per heavy atom. The Balaban J connectivity index is 0.00000121. The molecule has 0 saturated carbocycles. The van der Waals surface area contributed by atoms with Gasteiger partial charge in [-0.2, -0.15) is 0 Å². The summed E-state index contributed by atoms with van der Waals surface area (Å²) in [5, 5.41) is 0. The van der Waals surface area contributed by atoms with Crippen LogP contribution in [-0.2, 0) is 0 Å². The Kier molecular flexibility index (Phi) is 4.47. The van der Waals surface area contributed by atoms with Gasteiger partial charge in [-0.3, -0.25) is 9.78 Å². The number of halogens is 1. The largest absolute Gasteiger partial charge is 0.324 e. The van der Waals surface area contributed by atoms with Crippen molar-refractivity contribution in [2.24, 2.45) is 5.73 Å². The van der Waals surface area contributed by atoms with Gasteiger partial charge in [-0.25, -0.2) is 0 Å². The molecule has 0 saturated heterocycles. The zero-order chi connectivity index (χ0) is 8.27. The molecule has 1 heterocycles. The first-order chi connectivity index (χ1) is 5.24. The van der Waals surface area contributed by atoms with Crippen molar-refractivity contribution in [3.63, 3.8) is 0 Å². The highest BCUT2D eigenvalue weighted by atomic mass is 35.5. The molecule has 1 aromatic rings. The fourth-order valence-corrected chi connectivity index (χ4v) is 0.737. The van der Waals surface area contributed by atoms with Crippen LogP contribution in [0.15, 0.2) is 18.3 Å². The Morgan fingerprint density at radius 2 is 2.25 bits per heavy atom. The predicted octanol–water partition coefficient (Wildman–Crippen LogP) is 0.953. The minimum absolute atomic E-state index is 0. The lowest BCUT2D eigenvalue weighted by atomic mass is 10.2. The molecule has 12 heavy (non-hydrogen) atoms. The number of nitrogens with two attached hydrogens (primary N) is 1. The average Bonchev–Trinajstić information content (AvgIpc) is 2.05. The molecule has 0 aliphatic rings. The highest BCUT2D eigenvalue weighted by molar-refractivity contribution is 5.95. The van der Waals surface area contributed by atoms with Crippen molar-refractivity contribution in [2.75, 3.05) is 6.54 Å². The van der Waals surface area contributed by atoms with Crippen LogP contribution in [0.2, 0.25) is 0 Å². The molecule has 0 aliphatic carbocycles. The highest BCUT2D eigenvalue weighted by Gasteiger charge is 2.02. The Morgan fingerprint density at radius 3 is 2.67 bits per heavy atom. The summed E-state index contributed by atoms with van der Waals surface area (Å²) in [5.41, 5.74) is 6.64. The number of carbonyl (C=O) groups is 1. The molecule has 4 heteroatoms. The summed E-state index contributed by atoms with van der Waals surface area (Å²) in [7, 11) is 0. The number of aromatic nitrogens is 1. The fourth-order valence-electron chi connectivity index (χ4n) is 0.737. The van der Waals surface area contributed by atoms with Crippen molar-refractivity contribution in [1.82, 2.24) is 4.98 Å². The first kappa shape index (κ1) is 11.1. The van der Waals surface area contributed by atoms with Crippen molar-refractivity contribution in [3.05, 3.63) is 29.6 Å². The molecule has 0 atom stereocenters. The van der Waals surface area contributed by atoms with E-state index in [0.29, 0.717) is 5.69 Å². The standard InChI is InChI=1S/C8H10N2O.ClH/c1-6-2-3-7(10-5-6)8(11)4-9;/h2-3,5H,4,9H2,1H3;1H. The van der Waals surface area contributed by atoms with Gasteiger partial charge < -0.3 is 5.73 Å². The first-order valence-corrected chi connectivity index (χ1v) is 3.40. The molecule has 66 valence electrons. The summed E-state index contributed by atoms with van der Waals surface area (Å²) in [4.78, 5) is 14.9. The van der Waals surface area contributed by atoms with E-state index >= 15 is 0 Å². The molecule has 0 fully saturated rings. The average molecular weight is 187 g/mol. The molecule has 0 bridgehead atoms. The summed E-state index contributed by atoms with van der Waals surface area (Å²) >= 11 is 0. The molecular weight excluding hydrogens is 176 g/mol. The molecule has 0 radical (unpaired) electrons. The van der Waals surface area contributed by atoms with Crippen molar-refractivity contribution < 1.29 is 4.79 Å². The normalized spacial score (nSPS) is 8.83. The number of ketones is 1. The molecule has 0 unspecified atom stereocenters. The van der Waals surface area contributed by atoms with Gasteiger partial charge in [-0.1, -0.05) is 6.07 Å². The third kappa shape index (κ3) is 2.60. The van der Waals surface area contributed by atoms with Gasteiger partial charge in [0, 0.05) is 6.20 Å². The molecule has 0 aliphatic heterocycles. The van der Waals surface area contributed by atoms with Crippen LogP contribution in [0.4, 0.5) is 0 Å². The van der Waals surface area contributed by atoms with Crippen molar-refractivity contribution in [2.45, 2.75) is 6.92 Å². The van der Waals surface area contributed by atoms with Gasteiger partial charge in [0.15, 0.2) is 5.78 Å². The van der Waals surface area contributed by atoms with E-state index in [1.165, 1.54) is 0 Å². The number of aryl methyl sites for hydroxylation is 1. The fraction of sp³-hybridized carbons (Fsp3) is 0.250. The molecular formula is C8H11ClN2O. The van der Waals surface area contributed by atoms with Crippen molar-refractivity contribution in [3.8, 4) is 0 Å². The first-order valence-electron chi connectivity index (χ1n) is 3.40. The third-order valence-corrected chi connectivity index (χ3v) is 1.38. The summed E-state index contributed by atoms with van der Waals surface area (Å²) < 4.78 is 0. The van der Waals surface area contributed by atoms with E-state index in [9.17, 15) is 4.79 Å². The summed E-state index contributed by atoms with van der Waals surface area (Å²) in [5.74, 6) is -0.120. The molecule has 2 N–H and O–H groups in total. The molecule has 0 aromatic carbocycles. The lowest BCUT2D eigenvalue weighted by Gasteiger charge is -1.95. The van der Waals surface area contributed by atoms with E-state index < -0.39 is 0 Å². The maximum absolute atomic E-state index is 10.9. The van der Waals surface area contributed by atoms with Crippen LogP contribution >= 0.6 is 12.4 Å². The summed E-state index contributed by atoms with van der Waals surface area (Å²) in [6.45, 7) is 1.94. The van der Waals surface area contributed by atoms with E-state index in [1.54, 1.807) is 12.3 Å². The van der Waals surface area contributed by atoms with Gasteiger partial charge in [0.1, 0.15) is 5.69 Å². The Labute approximate surface area is 77.4 Å². The second-order valence-electron chi connectivity index (χ2n) is 2.35. The summed E-state index contributed by atoms with van der Waals surface area (Å²) in [6, 6.07) is 3.53. The van der Waals surface area contributed by atoms with Crippen LogP contribution in [0.5, 0.6) is 0 Å². The number of carbonyl (C=O) groups excluding carboxylic acids is 1. The maximum atomic E-state index is 10.9. The van der Waals surface area contributed by atoms with Crippen LogP contribution < -0.4 is 5.73 Å². The Hall–Kier alpha value is -0.930. The van der Waals surface area contributed by atoms with Crippen LogP contribution in [-0.4, -0.2) is 17.3 Å². The van der Waals surface area contributed by atoms with Crippen LogP contribution in [0, 0.1) is 6.92 Å². The van der Waals surface area contributed by atoms with Crippen LogP contribution in [0.3, 0.4) is 0 Å². The van der Waals surface area contributed by atoms with Crippen molar-refractivity contribution >= 4 is 18.2 Å².